The van der Waals surface area contributed by atoms with Gasteiger partial charge in [-0.2, -0.15) is 0 Å². The summed E-state index contributed by atoms with van der Waals surface area (Å²) in [5.74, 6) is -0.0884. The minimum absolute atomic E-state index is 0.0884. The van der Waals surface area contributed by atoms with Gasteiger partial charge < -0.3 is 14.4 Å². The fourth-order valence-electron chi connectivity index (χ4n) is 1.68. The molecule has 0 radical (unpaired) electrons. The number of allylic oxidation sites excluding steroid dienone is 1. The van der Waals surface area contributed by atoms with Crippen molar-refractivity contribution in [3.63, 3.8) is 0 Å². The summed E-state index contributed by atoms with van der Waals surface area (Å²) in [5, 5.41) is 0. The van der Waals surface area contributed by atoms with Crippen molar-refractivity contribution in [2.24, 2.45) is 0 Å². The lowest BCUT2D eigenvalue weighted by atomic mass is 10.2. The van der Waals surface area contributed by atoms with E-state index in [1.54, 1.807) is 0 Å². The van der Waals surface area contributed by atoms with Crippen molar-refractivity contribution in [1.82, 2.24) is 0 Å². The summed E-state index contributed by atoms with van der Waals surface area (Å²) < 4.78 is 10.4. The molecule has 1 aliphatic heterocycles. The first-order chi connectivity index (χ1) is 7.83. The Kier molecular flexibility index (Phi) is 6.85. The van der Waals surface area contributed by atoms with Crippen molar-refractivity contribution >= 4 is 5.97 Å². The number of carbonyl (C=O) groups is 1. The number of quaternary nitrogens is 1. The van der Waals surface area contributed by atoms with E-state index in [2.05, 4.69) is 6.58 Å². The molecule has 1 N–H and O–H groups in total. The first kappa shape index (κ1) is 13.2. The zero-order valence-electron chi connectivity index (χ0n) is 9.87. The molecule has 1 saturated heterocycles. The first-order valence-electron chi connectivity index (χ1n) is 6.00. The third-order valence-electron chi connectivity index (χ3n) is 2.71. The molecule has 0 bridgehead atoms. The first-order valence-corrected chi connectivity index (χ1v) is 6.00. The van der Waals surface area contributed by atoms with Crippen LogP contribution in [0.15, 0.2) is 12.7 Å². The molecule has 92 valence electrons. The second kappa shape index (κ2) is 8.30. The molecule has 1 rings (SSSR count). The average Bonchev–Trinajstić information content (AvgIpc) is 2.31. The molecule has 0 aromatic rings. The molecule has 0 aromatic heterocycles. The third-order valence-corrected chi connectivity index (χ3v) is 2.71. The molecule has 0 saturated carbocycles. The Bertz CT molecular complexity index is 212. The summed E-state index contributed by atoms with van der Waals surface area (Å²) in [6, 6.07) is 0. The Labute approximate surface area is 97.2 Å². The van der Waals surface area contributed by atoms with Crippen LogP contribution in [0.1, 0.15) is 19.3 Å². The topological polar surface area (TPSA) is 40.0 Å². The number of hydrogen-bond acceptors (Lipinski definition) is 3. The molecule has 0 unspecified atom stereocenters. The van der Waals surface area contributed by atoms with Crippen LogP contribution in [0.4, 0.5) is 0 Å². The number of esters is 1. The van der Waals surface area contributed by atoms with Crippen molar-refractivity contribution in [2.45, 2.75) is 19.3 Å². The van der Waals surface area contributed by atoms with E-state index in [9.17, 15) is 4.79 Å². The standard InChI is InChI=1S/C12H21NO3/c1-2-3-4-5-12(14)16-11-8-13-6-9-15-10-7-13/h2H,1,3-11H2/p+1. The molecule has 4 nitrogen and oxygen atoms in total. The number of nitrogens with one attached hydrogen (secondary N) is 1. The smallest absolute Gasteiger partial charge is 0.306 e. The highest BCUT2D eigenvalue weighted by Crippen LogP contribution is 1.97. The van der Waals surface area contributed by atoms with E-state index in [0.29, 0.717) is 13.0 Å². The van der Waals surface area contributed by atoms with Crippen LogP contribution < -0.4 is 4.90 Å². The monoisotopic (exact) mass is 228 g/mol. The molecule has 0 amide bonds. The lowest BCUT2D eigenvalue weighted by molar-refractivity contribution is -0.908. The number of rotatable bonds is 7. The maximum absolute atomic E-state index is 11.3. The quantitative estimate of drug-likeness (QED) is 0.373. The SMILES string of the molecule is C=CCCCC(=O)OCC[NH+]1CCOCC1. The maximum Gasteiger partial charge on any atom is 0.306 e. The van der Waals surface area contributed by atoms with Gasteiger partial charge in [0.2, 0.25) is 0 Å². The molecule has 1 fully saturated rings. The molecule has 0 aliphatic carbocycles. The van der Waals surface area contributed by atoms with E-state index < -0.39 is 0 Å². The number of hydrogen-bond donors (Lipinski definition) is 1. The molecule has 0 aromatic carbocycles. The van der Waals surface area contributed by atoms with E-state index in [0.717, 1.165) is 45.7 Å². The van der Waals surface area contributed by atoms with E-state index in [1.807, 2.05) is 6.08 Å². The van der Waals surface area contributed by atoms with Crippen molar-refractivity contribution in [1.29, 1.82) is 0 Å². The Morgan fingerprint density at radius 3 is 2.88 bits per heavy atom. The van der Waals surface area contributed by atoms with Gasteiger partial charge in [0.1, 0.15) is 26.2 Å². The number of morpholine rings is 1. The fraction of sp³-hybridized carbons (Fsp3) is 0.750. The van der Waals surface area contributed by atoms with Crippen molar-refractivity contribution in [3.8, 4) is 0 Å². The Hall–Kier alpha value is -0.870. The Balaban J connectivity index is 1.96. The summed E-state index contributed by atoms with van der Waals surface area (Å²) in [6.45, 7) is 8.73. The highest BCUT2D eigenvalue weighted by atomic mass is 16.5. The largest absolute Gasteiger partial charge is 0.460 e. The zero-order valence-corrected chi connectivity index (χ0v) is 9.87. The fourth-order valence-corrected chi connectivity index (χ4v) is 1.68. The zero-order chi connectivity index (χ0) is 11.6. The van der Waals surface area contributed by atoms with Gasteiger partial charge in [0.15, 0.2) is 0 Å². The van der Waals surface area contributed by atoms with Gasteiger partial charge in [-0.15, -0.1) is 6.58 Å². The average molecular weight is 228 g/mol. The van der Waals surface area contributed by atoms with Crippen LogP contribution in [-0.4, -0.2) is 45.4 Å². The molecule has 16 heavy (non-hydrogen) atoms. The predicted octanol–water partition coefficient (Wildman–Crippen LogP) is -0.199. The highest BCUT2D eigenvalue weighted by Gasteiger charge is 2.13. The summed E-state index contributed by atoms with van der Waals surface area (Å²) in [4.78, 5) is 12.7. The van der Waals surface area contributed by atoms with Gasteiger partial charge >= 0.3 is 5.97 Å². The maximum atomic E-state index is 11.3. The summed E-state index contributed by atoms with van der Waals surface area (Å²) in [5.41, 5.74) is 0. The van der Waals surface area contributed by atoms with E-state index in [4.69, 9.17) is 9.47 Å². The second-order valence-electron chi connectivity index (χ2n) is 4.01. The molecular weight excluding hydrogens is 206 g/mol. The van der Waals surface area contributed by atoms with Gasteiger partial charge in [0.05, 0.1) is 13.2 Å². The van der Waals surface area contributed by atoms with Gasteiger partial charge in [-0.25, -0.2) is 0 Å². The van der Waals surface area contributed by atoms with E-state index in [-0.39, 0.29) is 5.97 Å². The lowest BCUT2D eigenvalue weighted by Crippen LogP contribution is -3.14. The van der Waals surface area contributed by atoms with Crippen LogP contribution in [0, 0.1) is 0 Å². The van der Waals surface area contributed by atoms with Crippen molar-refractivity contribution < 1.29 is 19.2 Å². The summed E-state index contributed by atoms with van der Waals surface area (Å²) >= 11 is 0. The summed E-state index contributed by atoms with van der Waals surface area (Å²) in [7, 11) is 0. The normalized spacial score (nSPS) is 17.0. The molecule has 1 aliphatic rings. The van der Waals surface area contributed by atoms with Crippen LogP contribution in [0.2, 0.25) is 0 Å². The Morgan fingerprint density at radius 2 is 2.19 bits per heavy atom. The van der Waals surface area contributed by atoms with Gasteiger partial charge in [0, 0.05) is 6.42 Å². The van der Waals surface area contributed by atoms with E-state index >= 15 is 0 Å². The van der Waals surface area contributed by atoms with Crippen LogP contribution in [0.25, 0.3) is 0 Å². The highest BCUT2D eigenvalue weighted by molar-refractivity contribution is 5.69. The van der Waals surface area contributed by atoms with Crippen LogP contribution in [0.3, 0.4) is 0 Å². The van der Waals surface area contributed by atoms with E-state index in [1.165, 1.54) is 4.90 Å². The molecule has 1 heterocycles. The summed E-state index contributed by atoms with van der Waals surface area (Å²) in [6.07, 6.45) is 4.05. The third kappa shape index (κ3) is 5.88. The van der Waals surface area contributed by atoms with Gasteiger partial charge in [-0.1, -0.05) is 6.08 Å². The number of carbonyl (C=O) groups excluding carboxylic acids is 1. The molecule has 0 spiro atoms. The van der Waals surface area contributed by atoms with Crippen molar-refractivity contribution in [3.05, 3.63) is 12.7 Å². The predicted molar refractivity (Wildman–Crippen MR) is 61.4 cm³/mol. The Morgan fingerprint density at radius 1 is 1.44 bits per heavy atom. The van der Waals surface area contributed by atoms with Gasteiger partial charge in [-0.3, -0.25) is 4.79 Å². The van der Waals surface area contributed by atoms with Crippen molar-refractivity contribution in [2.75, 3.05) is 39.5 Å². The second-order valence-corrected chi connectivity index (χ2v) is 4.01. The molecule has 4 heteroatoms. The van der Waals surface area contributed by atoms with Gasteiger partial charge in [-0.05, 0) is 12.8 Å². The minimum Gasteiger partial charge on any atom is -0.460 e. The van der Waals surface area contributed by atoms with Crippen LogP contribution in [0.5, 0.6) is 0 Å². The lowest BCUT2D eigenvalue weighted by Gasteiger charge is -2.23. The van der Waals surface area contributed by atoms with Crippen LogP contribution in [-0.2, 0) is 14.3 Å². The molecule has 0 atom stereocenters. The van der Waals surface area contributed by atoms with Gasteiger partial charge in [0.25, 0.3) is 0 Å². The minimum atomic E-state index is -0.0884. The number of ether oxygens (including phenoxy) is 2. The van der Waals surface area contributed by atoms with Crippen LogP contribution >= 0.6 is 0 Å². The number of unbranched alkanes of at least 4 members (excludes halogenated alkanes) is 1. The molecular formula is C12H22NO3+.